The standard InChI is InChI=1S/C17H18N2O6/c20-14-2-1-10(9-15(14)21)3-5-18-6-4-11-7-12(16(22)23)19-13(8-11)17(24)25/h1-2,4,6-7,9,13,19-21H,3,5,8H2,(H,22,23)(H,24,25)/t13-/m1/s1. The zero-order valence-electron chi connectivity index (χ0n) is 13.2. The highest BCUT2D eigenvalue weighted by atomic mass is 16.4. The van der Waals surface area contributed by atoms with Crippen molar-refractivity contribution in [2.24, 2.45) is 4.99 Å². The largest absolute Gasteiger partial charge is 0.504 e. The Morgan fingerprint density at radius 1 is 1.24 bits per heavy atom. The number of aliphatic imine (C=N–C) groups is 1. The van der Waals surface area contributed by atoms with Crippen molar-refractivity contribution >= 4 is 18.2 Å². The zero-order chi connectivity index (χ0) is 18.4. The van der Waals surface area contributed by atoms with Gasteiger partial charge in [0.15, 0.2) is 11.5 Å². The molecule has 1 heterocycles. The zero-order valence-corrected chi connectivity index (χ0v) is 13.2. The first kappa shape index (κ1) is 18.1. The van der Waals surface area contributed by atoms with Gasteiger partial charge in [0.25, 0.3) is 0 Å². The third-order valence-corrected chi connectivity index (χ3v) is 3.59. The van der Waals surface area contributed by atoms with Crippen molar-refractivity contribution in [3.05, 3.63) is 47.2 Å². The summed E-state index contributed by atoms with van der Waals surface area (Å²) >= 11 is 0. The molecular weight excluding hydrogens is 328 g/mol. The number of nitrogens with zero attached hydrogens (tertiary/aromatic N) is 1. The summed E-state index contributed by atoms with van der Waals surface area (Å²) in [5.41, 5.74) is 1.19. The maximum Gasteiger partial charge on any atom is 0.351 e. The van der Waals surface area contributed by atoms with Gasteiger partial charge in [0.2, 0.25) is 0 Å². The second-order valence-electron chi connectivity index (χ2n) is 5.47. The SMILES string of the molecule is O=C(O)C1=CC(=CC=NCCc2ccc(O)c(O)c2)C[C@H](C(=O)O)N1. The van der Waals surface area contributed by atoms with Crippen LogP contribution in [-0.2, 0) is 16.0 Å². The number of aliphatic carboxylic acids is 2. The van der Waals surface area contributed by atoms with Crippen molar-refractivity contribution in [3.8, 4) is 11.5 Å². The molecule has 1 aromatic carbocycles. The summed E-state index contributed by atoms with van der Waals surface area (Å²) in [5.74, 6) is -2.72. The van der Waals surface area contributed by atoms with Crippen molar-refractivity contribution in [1.82, 2.24) is 5.32 Å². The molecule has 0 amide bonds. The maximum absolute atomic E-state index is 11.1. The molecule has 8 nitrogen and oxygen atoms in total. The molecule has 0 fully saturated rings. The highest BCUT2D eigenvalue weighted by molar-refractivity contribution is 5.89. The molecule has 1 aliphatic heterocycles. The maximum atomic E-state index is 11.1. The lowest BCUT2D eigenvalue weighted by Crippen LogP contribution is -2.41. The summed E-state index contributed by atoms with van der Waals surface area (Å²) in [6, 6.07) is 3.54. The van der Waals surface area contributed by atoms with Gasteiger partial charge in [-0.1, -0.05) is 6.07 Å². The van der Waals surface area contributed by atoms with Crippen LogP contribution in [0.2, 0.25) is 0 Å². The van der Waals surface area contributed by atoms with Crippen LogP contribution >= 0.6 is 0 Å². The molecule has 1 aliphatic rings. The lowest BCUT2D eigenvalue weighted by atomic mass is 10.00. The van der Waals surface area contributed by atoms with Crippen LogP contribution in [-0.4, -0.2) is 51.2 Å². The van der Waals surface area contributed by atoms with E-state index in [4.69, 9.17) is 10.2 Å². The molecular formula is C17H18N2O6. The number of allylic oxidation sites excluding steroid dienone is 2. The fourth-order valence-corrected chi connectivity index (χ4v) is 2.29. The number of phenols is 2. The van der Waals surface area contributed by atoms with E-state index in [1.807, 2.05) is 0 Å². The molecule has 8 heteroatoms. The minimum absolute atomic E-state index is 0.157. The molecule has 5 N–H and O–H groups in total. The molecule has 0 unspecified atom stereocenters. The average Bonchev–Trinajstić information content (AvgIpc) is 2.57. The molecule has 0 aromatic heterocycles. The van der Waals surface area contributed by atoms with Crippen LogP contribution in [0.25, 0.3) is 0 Å². The van der Waals surface area contributed by atoms with Crippen LogP contribution in [0.3, 0.4) is 0 Å². The molecule has 2 rings (SSSR count). The molecule has 132 valence electrons. The predicted octanol–water partition coefficient (Wildman–Crippen LogP) is 1.05. The van der Waals surface area contributed by atoms with Gasteiger partial charge in [0.05, 0.1) is 0 Å². The second kappa shape index (κ2) is 8.00. The Bertz CT molecular complexity index is 766. The molecule has 0 aliphatic carbocycles. The summed E-state index contributed by atoms with van der Waals surface area (Å²) in [5, 5.41) is 39.2. The van der Waals surface area contributed by atoms with E-state index in [9.17, 15) is 19.8 Å². The highest BCUT2D eigenvalue weighted by Crippen LogP contribution is 2.25. The van der Waals surface area contributed by atoms with E-state index in [0.29, 0.717) is 18.5 Å². The molecule has 0 bridgehead atoms. The quantitative estimate of drug-likeness (QED) is 0.383. The van der Waals surface area contributed by atoms with Crippen LogP contribution in [0.4, 0.5) is 0 Å². The number of benzene rings is 1. The van der Waals surface area contributed by atoms with Gasteiger partial charge in [-0.3, -0.25) is 4.99 Å². The lowest BCUT2D eigenvalue weighted by molar-refractivity contribution is -0.139. The van der Waals surface area contributed by atoms with Crippen molar-refractivity contribution in [2.75, 3.05) is 6.54 Å². The normalized spacial score (nSPS) is 18.8. The number of nitrogens with one attached hydrogen (secondary N) is 1. The summed E-state index contributed by atoms with van der Waals surface area (Å²) in [6.07, 6.45) is 5.16. The van der Waals surface area contributed by atoms with Gasteiger partial charge in [-0.05, 0) is 41.8 Å². The number of phenolic OH excluding ortho intramolecular Hbond substituents is 2. The van der Waals surface area contributed by atoms with Gasteiger partial charge in [-0.25, -0.2) is 9.59 Å². The summed E-state index contributed by atoms with van der Waals surface area (Å²) < 4.78 is 0. The second-order valence-corrected chi connectivity index (χ2v) is 5.47. The smallest absolute Gasteiger partial charge is 0.351 e. The van der Waals surface area contributed by atoms with Gasteiger partial charge in [0, 0.05) is 19.2 Å². The Morgan fingerprint density at radius 2 is 2.00 bits per heavy atom. The van der Waals surface area contributed by atoms with Crippen molar-refractivity contribution < 1.29 is 30.0 Å². The van der Waals surface area contributed by atoms with Gasteiger partial charge in [0.1, 0.15) is 11.7 Å². The Balaban J connectivity index is 1.97. The average molecular weight is 346 g/mol. The van der Waals surface area contributed by atoms with Crippen LogP contribution in [0, 0.1) is 0 Å². The number of rotatable bonds is 6. The molecule has 0 saturated heterocycles. The van der Waals surface area contributed by atoms with Gasteiger partial charge < -0.3 is 25.7 Å². The Labute approximate surface area is 143 Å². The molecule has 1 atom stereocenters. The van der Waals surface area contributed by atoms with E-state index in [1.54, 1.807) is 12.1 Å². The number of carboxylic acids is 2. The molecule has 0 saturated carbocycles. The number of hydrogen-bond donors (Lipinski definition) is 5. The minimum atomic E-state index is -1.22. The van der Waals surface area contributed by atoms with Gasteiger partial charge >= 0.3 is 11.9 Å². The summed E-state index contributed by atoms with van der Waals surface area (Å²) in [7, 11) is 0. The number of carbonyl (C=O) groups is 2. The van der Waals surface area contributed by atoms with Gasteiger partial charge in [-0.2, -0.15) is 0 Å². The molecule has 25 heavy (non-hydrogen) atoms. The van der Waals surface area contributed by atoms with E-state index in [2.05, 4.69) is 10.3 Å². The first-order chi connectivity index (χ1) is 11.9. The Morgan fingerprint density at radius 3 is 2.64 bits per heavy atom. The first-order valence-electron chi connectivity index (χ1n) is 7.51. The van der Waals surface area contributed by atoms with E-state index >= 15 is 0 Å². The fourth-order valence-electron chi connectivity index (χ4n) is 2.29. The topological polar surface area (TPSA) is 139 Å². The lowest BCUT2D eigenvalue weighted by Gasteiger charge is -2.21. The third-order valence-electron chi connectivity index (χ3n) is 3.59. The predicted molar refractivity (Wildman–Crippen MR) is 89.8 cm³/mol. The van der Waals surface area contributed by atoms with Crippen LogP contribution in [0.5, 0.6) is 11.5 Å². The minimum Gasteiger partial charge on any atom is -0.504 e. The molecule has 0 spiro atoms. The molecule has 0 radical (unpaired) electrons. The first-order valence-corrected chi connectivity index (χ1v) is 7.51. The number of aromatic hydroxyl groups is 2. The number of hydrogen-bond acceptors (Lipinski definition) is 6. The Hall–Kier alpha value is -3.29. The van der Waals surface area contributed by atoms with Crippen molar-refractivity contribution in [2.45, 2.75) is 18.9 Å². The fraction of sp³-hybridized carbons (Fsp3) is 0.235. The van der Waals surface area contributed by atoms with Crippen LogP contribution < -0.4 is 5.32 Å². The summed E-state index contributed by atoms with van der Waals surface area (Å²) in [4.78, 5) is 26.3. The van der Waals surface area contributed by atoms with E-state index in [-0.39, 0.29) is 23.6 Å². The highest BCUT2D eigenvalue weighted by Gasteiger charge is 2.26. The monoisotopic (exact) mass is 346 g/mol. The van der Waals surface area contributed by atoms with E-state index < -0.39 is 18.0 Å². The van der Waals surface area contributed by atoms with E-state index in [0.717, 1.165) is 5.56 Å². The van der Waals surface area contributed by atoms with Crippen molar-refractivity contribution in [1.29, 1.82) is 0 Å². The van der Waals surface area contributed by atoms with Gasteiger partial charge in [-0.15, -0.1) is 0 Å². The van der Waals surface area contributed by atoms with E-state index in [1.165, 1.54) is 24.4 Å². The third kappa shape index (κ3) is 5.10. The van der Waals surface area contributed by atoms with Crippen LogP contribution in [0.1, 0.15) is 12.0 Å². The summed E-state index contributed by atoms with van der Waals surface area (Å²) in [6.45, 7) is 0.421. The van der Waals surface area contributed by atoms with Crippen LogP contribution in [0.15, 0.2) is 46.6 Å². The Kier molecular flexibility index (Phi) is 5.78. The van der Waals surface area contributed by atoms with Crippen molar-refractivity contribution in [3.63, 3.8) is 0 Å². The molecule has 1 aromatic rings. The number of carboxylic acid groups (broad SMARTS) is 2.